The third-order valence-corrected chi connectivity index (χ3v) is 1.30. The van der Waals surface area contributed by atoms with Gasteiger partial charge >= 0.3 is 5.97 Å². The lowest BCUT2D eigenvalue weighted by Crippen LogP contribution is -2.30. The van der Waals surface area contributed by atoms with E-state index in [1.165, 1.54) is 6.08 Å². The molecule has 0 rings (SSSR count). The molecule has 0 spiro atoms. The van der Waals surface area contributed by atoms with Crippen molar-refractivity contribution in [1.82, 2.24) is 4.90 Å². The first-order valence-electron chi connectivity index (χ1n) is 4.18. The number of carbonyl (C=O) groups is 1. The van der Waals surface area contributed by atoms with Crippen molar-refractivity contribution in [2.75, 3.05) is 27.2 Å². The molecule has 0 heterocycles. The van der Waals surface area contributed by atoms with Crippen molar-refractivity contribution >= 4 is 5.97 Å². The first-order chi connectivity index (χ1) is 6.06. The van der Waals surface area contributed by atoms with Crippen LogP contribution >= 0.6 is 0 Å². The molecule has 0 aromatic heterocycles. The average Bonchev–Trinajstić information content (AvgIpc) is 2.00. The van der Waals surface area contributed by atoms with Crippen molar-refractivity contribution in [3.05, 3.63) is 12.2 Å². The van der Waals surface area contributed by atoms with Gasteiger partial charge in [0.15, 0.2) is 0 Å². The predicted octanol–water partition coefficient (Wildman–Crippen LogP) is 0.0282. The molecule has 1 unspecified atom stereocenters. The number of rotatable bonds is 5. The van der Waals surface area contributed by atoms with Crippen LogP contribution in [0.4, 0.5) is 0 Å². The van der Waals surface area contributed by atoms with Crippen molar-refractivity contribution < 1.29 is 14.6 Å². The molecule has 0 aromatic rings. The molecule has 0 aliphatic carbocycles. The quantitative estimate of drug-likeness (QED) is 0.487. The van der Waals surface area contributed by atoms with Gasteiger partial charge < -0.3 is 14.7 Å². The van der Waals surface area contributed by atoms with E-state index in [-0.39, 0.29) is 6.61 Å². The van der Waals surface area contributed by atoms with E-state index in [0.29, 0.717) is 6.54 Å². The Morgan fingerprint density at radius 1 is 1.62 bits per heavy atom. The van der Waals surface area contributed by atoms with Gasteiger partial charge in [-0.1, -0.05) is 6.08 Å². The van der Waals surface area contributed by atoms with Gasteiger partial charge in [0.25, 0.3) is 0 Å². The van der Waals surface area contributed by atoms with Crippen LogP contribution in [-0.2, 0) is 9.53 Å². The SMILES string of the molecule is CC=CC(=O)OCC(O)CN(C)C. The third-order valence-electron chi connectivity index (χ3n) is 1.30. The molecule has 0 aromatic carbocycles. The van der Waals surface area contributed by atoms with Crippen LogP contribution in [0.5, 0.6) is 0 Å². The molecule has 0 aliphatic rings. The summed E-state index contributed by atoms with van der Waals surface area (Å²) >= 11 is 0. The van der Waals surface area contributed by atoms with Crippen molar-refractivity contribution in [2.45, 2.75) is 13.0 Å². The van der Waals surface area contributed by atoms with E-state index in [4.69, 9.17) is 4.74 Å². The van der Waals surface area contributed by atoms with Gasteiger partial charge in [-0.15, -0.1) is 0 Å². The van der Waals surface area contributed by atoms with E-state index in [2.05, 4.69) is 0 Å². The number of esters is 1. The summed E-state index contributed by atoms with van der Waals surface area (Å²) in [6.45, 7) is 2.27. The summed E-state index contributed by atoms with van der Waals surface area (Å²) in [5.74, 6) is -0.416. The average molecular weight is 187 g/mol. The summed E-state index contributed by atoms with van der Waals surface area (Å²) in [4.78, 5) is 12.6. The number of ether oxygens (including phenoxy) is 1. The Labute approximate surface area is 78.8 Å². The molecule has 1 atom stereocenters. The lowest BCUT2D eigenvalue weighted by Gasteiger charge is -2.15. The molecule has 0 saturated carbocycles. The summed E-state index contributed by atoms with van der Waals surface area (Å²) in [6, 6.07) is 0. The van der Waals surface area contributed by atoms with Gasteiger partial charge in [0, 0.05) is 12.6 Å². The highest BCUT2D eigenvalue weighted by atomic mass is 16.5. The minimum Gasteiger partial charge on any atom is -0.460 e. The zero-order valence-corrected chi connectivity index (χ0v) is 8.36. The Morgan fingerprint density at radius 2 is 2.23 bits per heavy atom. The number of hydrogen-bond donors (Lipinski definition) is 1. The Kier molecular flexibility index (Phi) is 6.18. The fourth-order valence-electron chi connectivity index (χ4n) is 0.837. The molecule has 0 saturated heterocycles. The fourth-order valence-corrected chi connectivity index (χ4v) is 0.837. The Hall–Kier alpha value is -0.870. The second-order valence-electron chi connectivity index (χ2n) is 3.05. The molecular weight excluding hydrogens is 170 g/mol. The maximum Gasteiger partial charge on any atom is 0.330 e. The van der Waals surface area contributed by atoms with Gasteiger partial charge in [-0.05, 0) is 21.0 Å². The Morgan fingerprint density at radius 3 is 2.69 bits per heavy atom. The molecule has 4 heteroatoms. The number of hydrogen-bond acceptors (Lipinski definition) is 4. The lowest BCUT2D eigenvalue weighted by molar-refractivity contribution is -0.140. The normalized spacial score (nSPS) is 13.6. The summed E-state index contributed by atoms with van der Waals surface area (Å²) in [6.07, 6.45) is 2.30. The highest BCUT2D eigenvalue weighted by Crippen LogP contribution is 1.89. The van der Waals surface area contributed by atoms with Crippen LogP contribution in [0, 0.1) is 0 Å². The van der Waals surface area contributed by atoms with Crippen molar-refractivity contribution in [3.63, 3.8) is 0 Å². The zero-order chi connectivity index (χ0) is 10.3. The van der Waals surface area contributed by atoms with Crippen LogP contribution in [0.25, 0.3) is 0 Å². The van der Waals surface area contributed by atoms with Gasteiger partial charge in [0.05, 0.1) is 0 Å². The second-order valence-corrected chi connectivity index (χ2v) is 3.05. The van der Waals surface area contributed by atoms with Crippen LogP contribution in [0.15, 0.2) is 12.2 Å². The highest BCUT2D eigenvalue weighted by molar-refractivity contribution is 5.81. The number of nitrogens with zero attached hydrogens (tertiary/aromatic N) is 1. The molecule has 0 aliphatic heterocycles. The smallest absolute Gasteiger partial charge is 0.330 e. The topological polar surface area (TPSA) is 49.8 Å². The fraction of sp³-hybridized carbons (Fsp3) is 0.667. The molecular formula is C9H17NO3. The van der Waals surface area contributed by atoms with Gasteiger partial charge in [-0.25, -0.2) is 4.79 Å². The first-order valence-corrected chi connectivity index (χ1v) is 4.18. The number of carbonyl (C=O) groups excluding carboxylic acids is 1. The standard InChI is InChI=1S/C9H17NO3/c1-4-5-9(12)13-7-8(11)6-10(2)3/h4-5,8,11H,6-7H2,1-3H3. The van der Waals surface area contributed by atoms with Crippen molar-refractivity contribution in [1.29, 1.82) is 0 Å². The minimum absolute atomic E-state index is 0.0430. The molecule has 0 bridgehead atoms. The third kappa shape index (κ3) is 7.49. The maximum atomic E-state index is 10.8. The molecule has 0 amide bonds. The number of likely N-dealkylation sites (N-methyl/N-ethyl adjacent to an activating group) is 1. The van der Waals surface area contributed by atoms with E-state index >= 15 is 0 Å². The van der Waals surface area contributed by atoms with Crippen LogP contribution in [0.3, 0.4) is 0 Å². The summed E-state index contributed by atoms with van der Waals surface area (Å²) in [5, 5.41) is 9.29. The van der Waals surface area contributed by atoms with Gasteiger partial charge in [-0.3, -0.25) is 0 Å². The predicted molar refractivity (Wildman–Crippen MR) is 50.3 cm³/mol. The van der Waals surface area contributed by atoms with E-state index in [9.17, 15) is 9.90 Å². The largest absolute Gasteiger partial charge is 0.460 e. The summed E-state index contributed by atoms with van der Waals surface area (Å²) < 4.78 is 4.74. The Bertz CT molecular complexity index is 178. The molecule has 13 heavy (non-hydrogen) atoms. The molecule has 4 nitrogen and oxygen atoms in total. The van der Waals surface area contributed by atoms with Crippen LogP contribution in [-0.4, -0.2) is 49.3 Å². The van der Waals surface area contributed by atoms with Crippen LogP contribution in [0.2, 0.25) is 0 Å². The van der Waals surface area contributed by atoms with Gasteiger partial charge in [0.2, 0.25) is 0 Å². The molecule has 0 radical (unpaired) electrons. The molecule has 1 N–H and O–H groups in total. The number of allylic oxidation sites excluding steroid dienone is 1. The second kappa shape index (κ2) is 6.62. The molecule has 0 fully saturated rings. The number of aliphatic hydroxyl groups excluding tert-OH is 1. The Balaban J connectivity index is 3.57. The first kappa shape index (κ1) is 12.1. The van der Waals surface area contributed by atoms with E-state index in [1.54, 1.807) is 13.0 Å². The lowest BCUT2D eigenvalue weighted by atomic mass is 10.3. The zero-order valence-electron chi connectivity index (χ0n) is 8.36. The highest BCUT2D eigenvalue weighted by Gasteiger charge is 2.07. The van der Waals surface area contributed by atoms with Gasteiger partial charge in [0.1, 0.15) is 12.7 Å². The number of aliphatic hydroxyl groups is 1. The van der Waals surface area contributed by atoms with Crippen LogP contribution < -0.4 is 0 Å². The van der Waals surface area contributed by atoms with Crippen molar-refractivity contribution in [3.8, 4) is 0 Å². The van der Waals surface area contributed by atoms with Crippen molar-refractivity contribution in [2.24, 2.45) is 0 Å². The van der Waals surface area contributed by atoms with E-state index < -0.39 is 12.1 Å². The minimum atomic E-state index is -0.621. The summed E-state index contributed by atoms with van der Waals surface area (Å²) in [5.41, 5.74) is 0. The molecule has 76 valence electrons. The van der Waals surface area contributed by atoms with Crippen LogP contribution in [0.1, 0.15) is 6.92 Å². The van der Waals surface area contributed by atoms with Gasteiger partial charge in [-0.2, -0.15) is 0 Å². The van der Waals surface area contributed by atoms with E-state index in [0.717, 1.165) is 0 Å². The monoisotopic (exact) mass is 187 g/mol. The maximum absolute atomic E-state index is 10.8. The summed E-state index contributed by atoms with van der Waals surface area (Å²) in [7, 11) is 3.69. The van der Waals surface area contributed by atoms with E-state index in [1.807, 2.05) is 19.0 Å².